The molecule has 0 aliphatic heterocycles. The number of rotatable bonds is 2. The van der Waals surface area contributed by atoms with Crippen LogP contribution in [0.1, 0.15) is 25.5 Å². The summed E-state index contributed by atoms with van der Waals surface area (Å²) >= 11 is 0. The van der Waals surface area contributed by atoms with Crippen LogP contribution in [0.4, 0.5) is 11.5 Å². The van der Waals surface area contributed by atoms with Gasteiger partial charge in [0.1, 0.15) is 5.82 Å². The van der Waals surface area contributed by atoms with Crippen molar-refractivity contribution < 1.29 is 0 Å². The molecule has 0 aliphatic carbocycles. The number of nitrogens with zero attached hydrogens (tertiary/aromatic N) is 2. The third kappa shape index (κ3) is 1.24. The van der Waals surface area contributed by atoms with Crippen LogP contribution in [-0.4, -0.2) is 16.8 Å². The highest BCUT2D eigenvalue weighted by atomic mass is 15.3. The van der Waals surface area contributed by atoms with Gasteiger partial charge in [0.25, 0.3) is 0 Å². The lowest BCUT2D eigenvalue weighted by atomic mass is 10.1. The Kier molecular flexibility index (Phi) is 2.26. The zero-order valence-corrected chi connectivity index (χ0v) is 8.05. The van der Waals surface area contributed by atoms with E-state index in [4.69, 9.17) is 5.73 Å². The van der Waals surface area contributed by atoms with Crippen LogP contribution in [0, 0.1) is 0 Å². The first kappa shape index (κ1) is 8.90. The first-order chi connectivity index (χ1) is 5.57. The van der Waals surface area contributed by atoms with Crippen molar-refractivity contribution in [2.75, 3.05) is 18.1 Å². The Bertz CT molecular complexity index is 275. The van der Waals surface area contributed by atoms with Gasteiger partial charge in [-0.2, -0.15) is 5.10 Å². The third-order valence-corrected chi connectivity index (χ3v) is 1.90. The monoisotopic (exact) mass is 168 g/mol. The molecular weight excluding hydrogens is 152 g/mol. The predicted octanol–water partition coefficient (Wildman–Crippen LogP) is 1.17. The third-order valence-electron chi connectivity index (χ3n) is 1.90. The Morgan fingerprint density at radius 3 is 2.33 bits per heavy atom. The Morgan fingerprint density at radius 2 is 2.08 bits per heavy atom. The smallest absolute Gasteiger partial charge is 0.147 e. The van der Waals surface area contributed by atoms with Gasteiger partial charge in [0.2, 0.25) is 0 Å². The van der Waals surface area contributed by atoms with E-state index in [9.17, 15) is 0 Å². The number of aryl methyl sites for hydroxylation is 1. The van der Waals surface area contributed by atoms with Crippen molar-refractivity contribution >= 4 is 11.5 Å². The lowest BCUT2D eigenvalue weighted by Crippen LogP contribution is -2.00. The van der Waals surface area contributed by atoms with E-state index in [1.807, 2.05) is 14.1 Å². The molecule has 0 saturated heterocycles. The summed E-state index contributed by atoms with van der Waals surface area (Å²) in [6.07, 6.45) is 0. The molecule has 0 saturated carbocycles. The Labute approximate surface area is 72.8 Å². The summed E-state index contributed by atoms with van der Waals surface area (Å²) in [4.78, 5) is 0. The second kappa shape index (κ2) is 3.05. The second-order valence-corrected chi connectivity index (χ2v) is 3.18. The van der Waals surface area contributed by atoms with Gasteiger partial charge in [0.15, 0.2) is 0 Å². The van der Waals surface area contributed by atoms with E-state index in [1.165, 1.54) is 0 Å². The van der Waals surface area contributed by atoms with Crippen molar-refractivity contribution in [3.63, 3.8) is 0 Å². The summed E-state index contributed by atoms with van der Waals surface area (Å²) in [7, 11) is 3.73. The molecule has 68 valence electrons. The zero-order chi connectivity index (χ0) is 9.30. The van der Waals surface area contributed by atoms with E-state index in [2.05, 4.69) is 24.3 Å². The van der Waals surface area contributed by atoms with Crippen molar-refractivity contribution in [1.82, 2.24) is 9.78 Å². The van der Waals surface area contributed by atoms with Crippen molar-refractivity contribution in [2.24, 2.45) is 7.05 Å². The molecule has 0 unspecified atom stereocenters. The van der Waals surface area contributed by atoms with Gasteiger partial charge in [-0.1, -0.05) is 13.8 Å². The SMILES string of the molecule is CNc1c(N)c(C(C)C)nn1C. The summed E-state index contributed by atoms with van der Waals surface area (Å²) in [5.41, 5.74) is 7.59. The van der Waals surface area contributed by atoms with E-state index < -0.39 is 0 Å². The van der Waals surface area contributed by atoms with Gasteiger partial charge in [-0.15, -0.1) is 0 Å². The van der Waals surface area contributed by atoms with Crippen LogP contribution in [0.15, 0.2) is 0 Å². The van der Waals surface area contributed by atoms with Crippen LogP contribution in [0.5, 0.6) is 0 Å². The molecule has 3 N–H and O–H groups in total. The van der Waals surface area contributed by atoms with E-state index in [0.717, 1.165) is 17.2 Å². The molecule has 0 bridgehead atoms. The fourth-order valence-electron chi connectivity index (χ4n) is 1.28. The Balaban J connectivity index is 3.17. The van der Waals surface area contributed by atoms with Crippen LogP contribution in [0.25, 0.3) is 0 Å². The van der Waals surface area contributed by atoms with Gasteiger partial charge in [-0.3, -0.25) is 4.68 Å². The molecule has 4 nitrogen and oxygen atoms in total. The summed E-state index contributed by atoms with van der Waals surface area (Å²) in [6, 6.07) is 0. The van der Waals surface area contributed by atoms with E-state index in [-0.39, 0.29) is 0 Å². The molecule has 0 fully saturated rings. The maximum Gasteiger partial charge on any atom is 0.147 e. The van der Waals surface area contributed by atoms with Gasteiger partial charge >= 0.3 is 0 Å². The molecule has 0 aromatic carbocycles. The molecule has 1 aromatic rings. The molecule has 0 amide bonds. The number of nitrogens with two attached hydrogens (primary N) is 1. The largest absolute Gasteiger partial charge is 0.394 e. The molecule has 0 aliphatic rings. The minimum absolute atomic E-state index is 0.373. The minimum Gasteiger partial charge on any atom is -0.394 e. The van der Waals surface area contributed by atoms with Crippen LogP contribution < -0.4 is 11.1 Å². The normalized spacial score (nSPS) is 10.8. The van der Waals surface area contributed by atoms with E-state index >= 15 is 0 Å². The predicted molar refractivity (Wildman–Crippen MR) is 51.3 cm³/mol. The van der Waals surface area contributed by atoms with Crippen LogP contribution in [0.3, 0.4) is 0 Å². The molecular formula is C8H16N4. The summed E-state index contributed by atoms with van der Waals surface area (Å²) < 4.78 is 1.77. The Morgan fingerprint density at radius 1 is 1.50 bits per heavy atom. The first-order valence-corrected chi connectivity index (χ1v) is 4.08. The average molecular weight is 168 g/mol. The second-order valence-electron chi connectivity index (χ2n) is 3.18. The minimum atomic E-state index is 0.373. The highest BCUT2D eigenvalue weighted by molar-refractivity contribution is 5.65. The molecule has 1 rings (SSSR count). The maximum atomic E-state index is 5.87. The van der Waals surface area contributed by atoms with E-state index in [0.29, 0.717) is 5.92 Å². The number of nitrogens with one attached hydrogen (secondary N) is 1. The van der Waals surface area contributed by atoms with Crippen molar-refractivity contribution in [2.45, 2.75) is 19.8 Å². The zero-order valence-electron chi connectivity index (χ0n) is 8.05. The molecule has 1 heterocycles. The highest BCUT2D eigenvalue weighted by Gasteiger charge is 2.13. The fraction of sp³-hybridized carbons (Fsp3) is 0.625. The van der Waals surface area contributed by atoms with Gasteiger partial charge in [0.05, 0.1) is 11.4 Å². The molecule has 1 aromatic heterocycles. The maximum absolute atomic E-state index is 5.87. The number of hydrogen-bond acceptors (Lipinski definition) is 3. The number of nitrogen functional groups attached to an aromatic ring is 1. The first-order valence-electron chi connectivity index (χ1n) is 4.08. The van der Waals surface area contributed by atoms with Gasteiger partial charge in [0, 0.05) is 14.1 Å². The summed E-state index contributed by atoms with van der Waals surface area (Å²) in [6.45, 7) is 4.16. The van der Waals surface area contributed by atoms with Crippen LogP contribution in [-0.2, 0) is 7.05 Å². The topological polar surface area (TPSA) is 55.9 Å². The average Bonchev–Trinajstić information content (AvgIpc) is 2.27. The molecule has 0 spiro atoms. The van der Waals surface area contributed by atoms with Crippen molar-refractivity contribution in [3.8, 4) is 0 Å². The summed E-state index contributed by atoms with van der Waals surface area (Å²) in [5, 5.41) is 7.32. The highest BCUT2D eigenvalue weighted by Crippen LogP contribution is 2.26. The molecule has 0 atom stereocenters. The Hall–Kier alpha value is -1.19. The van der Waals surface area contributed by atoms with Crippen LogP contribution >= 0.6 is 0 Å². The lowest BCUT2D eigenvalue weighted by molar-refractivity contribution is 0.717. The molecule has 4 heteroatoms. The molecule has 12 heavy (non-hydrogen) atoms. The quantitative estimate of drug-likeness (QED) is 0.697. The van der Waals surface area contributed by atoms with Gasteiger partial charge < -0.3 is 11.1 Å². The lowest BCUT2D eigenvalue weighted by Gasteiger charge is -2.01. The molecule has 0 radical (unpaired) electrons. The standard InChI is InChI=1S/C8H16N4/c1-5(2)7-6(9)8(10-3)12(4)11-7/h5,10H,9H2,1-4H3. The number of anilines is 2. The van der Waals surface area contributed by atoms with E-state index in [1.54, 1.807) is 4.68 Å². The van der Waals surface area contributed by atoms with Crippen molar-refractivity contribution in [1.29, 1.82) is 0 Å². The van der Waals surface area contributed by atoms with Crippen molar-refractivity contribution in [3.05, 3.63) is 5.69 Å². The van der Waals surface area contributed by atoms with Crippen LogP contribution in [0.2, 0.25) is 0 Å². The fourth-order valence-corrected chi connectivity index (χ4v) is 1.28. The van der Waals surface area contributed by atoms with Gasteiger partial charge in [-0.05, 0) is 5.92 Å². The number of hydrogen-bond donors (Lipinski definition) is 2. The van der Waals surface area contributed by atoms with Gasteiger partial charge in [-0.25, -0.2) is 0 Å². The summed E-state index contributed by atoms with van der Waals surface area (Å²) in [5.74, 6) is 1.26. The number of aromatic nitrogens is 2.